The number of hydrogen-bond donors (Lipinski definition) is 1. The number of rotatable bonds is 6. The molecular weight excluding hydrogens is 324 g/mol. The van der Waals surface area contributed by atoms with Gasteiger partial charge in [-0.25, -0.2) is 8.78 Å². The van der Waals surface area contributed by atoms with Crippen molar-refractivity contribution >= 4 is 23.2 Å². The van der Waals surface area contributed by atoms with E-state index in [4.69, 9.17) is 16.3 Å². The Labute approximate surface area is 138 Å². The lowest BCUT2D eigenvalue weighted by molar-refractivity contribution is -0.116. The number of carbonyl (C=O) groups is 1. The molecule has 2 aromatic rings. The van der Waals surface area contributed by atoms with Crippen LogP contribution in [0, 0.1) is 18.6 Å². The standard InChI is InChI=1S/C17H16ClF2NO2/c1-11-9-12(18)4-7-16(11)23-8-2-3-17(22)21-13-5-6-14(19)15(20)10-13/h4-7,9-10H,2-3,8H2,1H3,(H,21,22). The summed E-state index contributed by atoms with van der Waals surface area (Å²) in [4.78, 5) is 11.7. The zero-order valence-corrected chi connectivity index (χ0v) is 13.3. The molecule has 3 nitrogen and oxygen atoms in total. The van der Waals surface area contributed by atoms with Crippen molar-refractivity contribution in [2.75, 3.05) is 11.9 Å². The lowest BCUT2D eigenvalue weighted by Gasteiger charge is -2.09. The lowest BCUT2D eigenvalue weighted by Crippen LogP contribution is -2.13. The Kier molecular flexibility index (Phi) is 5.93. The van der Waals surface area contributed by atoms with Crippen molar-refractivity contribution in [2.24, 2.45) is 0 Å². The van der Waals surface area contributed by atoms with Gasteiger partial charge >= 0.3 is 0 Å². The molecule has 0 spiro atoms. The van der Waals surface area contributed by atoms with Crippen LogP contribution < -0.4 is 10.1 Å². The first-order chi connectivity index (χ1) is 11.0. The van der Waals surface area contributed by atoms with Gasteiger partial charge in [0, 0.05) is 23.2 Å². The third-order valence-electron chi connectivity index (χ3n) is 3.15. The van der Waals surface area contributed by atoms with Crippen LogP contribution in [-0.2, 0) is 4.79 Å². The Balaban J connectivity index is 1.75. The minimum absolute atomic E-state index is 0.214. The van der Waals surface area contributed by atoms with E-state index in [1.165, 1.54) is 6.07 Å². The Morgan fingerprint density at radius 1 is 1.17 bits per heavy atom. The van der Waals surface area contributed by atoms with Crippen LogP contribution in [0.3, 0.4) is 0 Å². The molecule has 0 aromatic heterocycles. The van der Waals surface area contributed by atoms with Crippen LogP contribution in [0.4, 0.5) is 14.5 Å². The molecule has 0 radical (unpaired) electrons. The minimum atomic E-state index is -0.996. The third-order valence-corrected chi connectivity index (χ3v) is 3.38. The Morgan fingerprint density at radius 3 is 2.65 bits per heavy atom. The second-order valence-electron chi connectivity index (χ2n) is 5.04. The maximum atomic E-state index is 13.0. The molecule has 0 saturated carbocycles. The quantitative estimate of drug-likeness (QED) is 0.773. The van der Waals surface area contributed by atoms with E-state index in [9.17, 15) is 13.6 Å². The van der Waals surface area contributed by atoms with E-state index < -0.39 is 11.6 Å². The van der Waals surface area contributed by atoms with E-state index in [2.05, 4.69) is 5.32 Å². The van der Waals surface area contributed by atoms with Crippen LogP contribution in [0.1, 0.15) is 18.4 Å². The van der Waals surface area contributed by atoms with Gasteiger partial charge in [0.15, 0.2) is 11.6 Å². The van der Waals surface area contributed by atoms with Gasteiger partial charge in [-0.15, -0.1) is 0 Å². The molecule has 1 amide bonds. The zero-order chi connectivity index (χ0) is 16.8. The van der Waals surface area contributed by atoms with Crippen LogP contribution in [0.25, 0.3) is 0 Å². The number of anilines is 1. The van der Waals surface area contributed by atoms with Gasteiger partial charge in [-0.2, -0.15) is 0 Å². The van der Waals surface area contributed by atoms with Crippen LogP contribution >= 0.6 is 11.6 Å². The van der Waals surface area contributed by atoms with Gasteiger partial charge in [-0.1, -0.05) is 11.6 Å². The van der Waals surface area contributed by atoms with Gasteiger partial charge < -0.3 is 10.1 Å². The Hall–Kier alpha value is -2.14. The van der Waals surface area contributed by atoms with E-state index in [0.29, 0.717) is 18.1 Å². The number of halogens is 3. The third kappa shape index (κ3) is 5.21. The molecule has 2 rings (SSSR count). The molecule has 0 fully saturated rings. The highest BCUT2D eigenvalue weighted by atomic mass is 35.5. The number of benzene rings is 2. The summed E-state index contributed by atoms with van der Waals surface area (Å²) in [5.74, 6) is -1.51. The predicted molar refractivity (Wildman–Crippen MR) is 85.9 cm³/mol. The van der Waals surface area contributed by atoms with E-state index in [-0.39, 0.29) is 18.0 Å². The highest BCUT2D eigenvalue weighted by Crippen LogP contribution is 2.22. The van der Waals surface area contributed by atoms with Crippen LogP contribution in [-0.4, -0.2) is 12.5 Å². The number of hydrogen-bond acceptors (Lipinski definition) is 2. The van der Waals surface area contributed by atoms with Crippen LogP contribution in [0.2, 0.25) is 5.02 Å². The molecule has 0 bridgehead atoms. The second-order valence-corrected chi connectivity index (χ2v) is 5.48. The molecule has 0 saturated heterocycles. The number of carbonyl (C=O) groups excluding carboxylic acids is 1. The van der Waals surface area contributed by atoms with Gasteiger partial charge in [0.25, 0.3) is 0 Å². The Morgan fingerprint density at radius 2 is 1.96 bits per heavy atom. The van der Waals surface area contributed by atoms with Gasteiger partial charge in [-0.05, 0) is 49.2 Å². The number of ether oxygens (including phenoxy) is 1. The summed E-state index contributed by atoms with van der Waals surface area (Å²) >= 11 is 5.86. The van der Waals surface area contributed by atoms with Crippen molar-refractivity contribution in [1.29, 1.82) is 0 Å². The van der Waals surface area contributed by atoms with Crippen molar-refractivity contribution in [1.82, 2.24) is 0 Å². The first-order valence-electron chi connectivity index (χ1n) is 7.09. The van der Waals surface area contributed by atoms with Gasteiger partial charge in [0.2, 0.25) is 5.91 Å². The average molecular weight is 340 g/mol. The van der Waals surface area contributed by atoms with Gasteiger partial charge in [0.1, 0.15) is 5.75 Å². The van der Waals surface area contributed by atoms with Crippen molar-refractivity contribution < 1.29 is 18.3 Å². The molecule has 0 unspecified atom stereocenters. The van der Waals surface area contributed by atoms with Crippen molar-refractivity contribution in [3.8, 4) is 5.75 Å². The number of amides is 1. The van der Waals surface area contributed by atoms with Crippen LogP contribution in [0.15, 0.2) is 36.4 Å². The zero-order valence-electron chi connectivity index (χ0n) is 12.5. The first-order valence-corrected chi connectivity index (χ1v) is 7.47. The average Bonchev–Trinajstić information content (AvgIpc) is 2.49. The first kappa shape index (κ1) is 17.2. The number of aryl methyl sites for hydroxylation is 1. The molecule has 0 aliphatic carbocycles. The summed E-state index contributed by atoms with van der Waals surface area (Å²) in [7, 11) is 0. The van der Waals surface area contributed by atoms with E-state index in [0.717, 1.165) is 23.4 Å². The van der Waals surface area contributed by atoms with E-state index in [1.54, 1.807) is 18.2 Å². The molecule has 1 N–H and O–H groups in total. The molecule has 0 heterocycles. The molecule has 6 heteroatoms. The molecule has 0 atom stereocenters. The summed E-state index contributed by atoms with van der Waals surface area (Å²) in [6.45, 7) is 2.25. The minimum Gasteiger partial charge on any atom is -0.493 e. The molecule has 2 aromatic carbocycles. The Bertz CT molecular complexity index is 707. The highest BCUT2D eigenvalue weighted by Gasteiger charge is 2.07. The van der Waals surface area contributed by atoms with E-state index in [1.807, 2.05) is 6.92 Å². The molecule has 23 heavy (non-hydrogen) atoms. The monoisotopic (exact) mass is 339 g/mol. The second kappa shape index (κ2) is 7.92. The smallest absolute Gasteiger partial charge is 0.224 e. The largest absolute Gasteiger partial charge is 0.493 e. The van der Waals surface area contributed by atoms with E-state index >= 15 is 0 Å². The fourth-order valence-electron chi connectivity index (χ4n) is 1.99. The summed E-state index contributed by atoms with van der Waals surface area (Å²) in [6.07, 6.45) is 0.712. The van der Waals surface area contributed by atoms with Gasteiger partial charge in [-0.3, -0.25) is 4.79 Å². The molecule has 0 aliphatic rings. The lowest BCUT2D eigenvalue weighted by atomic mass is 10.2. The van der Waals surface area contributed by atoms with Crippen molar-refractivity contribution in [3.63, 3.8) is 0 Å². The molecular formula is C17H16ClF2NO2. The highest BCUT2D eigenvalue weighted by molar-refractivity contribution is 6.30. The normalized spacial score (nSPS) is 10.4. The maximum Gasteiger partial charge on any atom is 0.224 e. The van der Waals surface area contributed by atoms with Crippen LogP contribution in [0.5, 0.6) is 5.75 Å². The number of nitrogens with one attached hydrogen (secondary N) is 1. The predicted octanol–water partition coefficient (Wildman–Crippen LogP) is 4.72. The SMILES string of the molecule is Cc1cc(Cl)ccc1OCCCC(=O)Nc1ccc(F)c(F)c1. The summed E-state index contributed by atoms with van der Waals surface area (Å²) in [6, 6.07) is 8.54. The summed E-state index contributed by atoms with van der Waals surface area (Å²) in [5.41, 5.74) is 1.15. The molecule has 0 aliphatic heterocycles. The summed E-state index contributed by atoms with van der Waals surface area (Å²) < 4.78 is 31.4. The fraction of sp³-hybridized carbons (Fsp3) is 0.235. The maximum absolute atomic E-state index is 13.0. The summed E-state index contributed by atoms with van der Waals surface area (Å²) in [5, 5.41) is 3.15. The fourth-order valence-corrected chi connectivity index (χ4v) is 2.21. The van der Waals surface area contributed by atoms with Gasteiger partial charge in [0.05, 0.1) is 6.61 Å². The molecule has 122 valence electrons. The van der Waals surface area contributed by atoms with Crippen molar-refractivity contribution in [3.05, 3.63) is 58.6 Å². The van der Waals surface area contributed by atoms with Crippen molar-refractivity contribution in [2.45, 2.75) is 19.8 Å². The topological polar surface area (TPSA) is 38.3 Å².